The lowest BCUT2D eigenvalue weighted by Crippen LogP contribution is -2.40. The molecule has 0 aliphatic heterocycles. The highest BCUT2D eigenvalue weighted by atomic mass is 32.2. The van der Waals surface area contributed by atoms with Gasteiger partial charge in [0, 0.05) is 17.7 Å². The predicted molar refractivity (Wildman–Crippen MR) is 151 cm³/mol. The van der Waals surface area contributed by atoms with E-state index in [0.29, 0.717) is 18.0 Å². The van der Waals surface area contributed by atoms with Crippen LogP contribution in [0.3, 0.4) is 0 Å². The number of sulfone groups is 1. The Balaban J connectivity index is 1.92. The molecule has 0 fully saturated rings. The summed E-state index contributed by atoms with van der Waals surface area (Å²) in [7, 11) is -2.30. The third-order valence-corrected chi connectivity index (χ3v) is 8.75. The fourth-order valence-corrected chi connectivity index (χ4v) is 6.04. The van der Waals surface area contributed by atoms with Crippen molar-refractivity contribution in [1.29, 1.82) is 0 Å². The van der Waals surface area contributed by atoms with E-state index in [4.69, 9.17) is 9.47 Å². The number of hydrogen-bond donors (Lipinski definition) is 1. The zero-order valence-corrected chi connectivity index (χ0v) is 24.3. The van der Waals surface area contributed by atoms with Crippen LogP contribution < -0.4 is 10.1 Å². The van der Waals surface area contributed by atoms with Gasteiger partial charge in [0.15, 0.2) is 5.94 Å². The van der Waals surface area contributed by atoms with E-state index in [-0.39, 0.29) is 10.8 Å². The molecule has 2 aromatic carbocycles. The number of benzene rings is 2. The van der Waals surface area contributed by atoms with Gasteiger partial charge in [-0.15, -0.1) is 0 Å². The first-order chi connectivity index (χ1) is 18.5. The molecule has 39 heavy (non-hydrogen) atoms. The van der Waals surface area contributed by atoms with Crippen molar-refractivity contribution in [3.8, 4) is 5.75 Å². The quantitative estimate of drug-likeness (QED) is 0.315. The van der Waals surface area contributed by atoms with Crippen LogP contribution in [0.2, 0.25) is 0 Å². The van der Waals surface area contributed by atoms with Gasteiger partial charge < -0.3 is 19.4 Å². The Kier molecular flexibility index (Phi) is 9.61. The molecular formula is C30H38N2O6S. The normalized spacial score (nSPS) is 12.6. The Bertz CT molecular complexity index is 1410. The van der Waals surface area contributed by atoms with Crippen LogP contribution in [0, 0.1) is 6.92 Å². The van der Waals surface area contributed by atoms with Crippen LogP contribution >= 0.6 is 0 Å². The van der Waals surface area contributed by atoms with Gasteiger partial charge in [-0.2, -0.15) is 0 Å². The van der Waals surface area contributed by atoms with Crippen LogP contribution in [0.1, 0.15) is 67.8 Å². The highest BCUT2D eigenvalue weighted by Gasteiger charge is 2.35. The second-order valence-corrected chi connectivity index (χ2v) is 11.5. The Morgan fingerprint density at radius 1 is 1.00 bits per heavy atom. The number of hydrogen-bond acceptors (Lipinski definition) is 6. The summed E-state index contributed by atoms with van der Waals surface area (Å²) < 4.78 is 37.8. The van der Waals surface area contributed by atoms with Gasteiger partial charge in [-0.1, -0.05) is 44.2 Å². The molecule has 1 aromatic heterocycles. The van der Waals surface area contributed by atoms with Gasteiger partial charge in [-0.3, -0.25) is 4.79 Å². The Labute approximate surface area is 231 Å². The average molecular weight is 555 g/mol. The molecule has 9 heteroatoms. The van der Waals surface area contributed by atoms with Crippen molar-refractivity contribution in [2.75, 3.05) is 13.0 Å². The van der Waals surface area contributed by atoms with Crippen molar-refractivity contribution in [2.24, 2.45) is 0 Å². The molecule has 0 saturated heterocycles. The molecule has 1 N–H and O–H groups in total. The number of rotatable bonds is 12. The van der Waals surface area contributed by atoms with Crippen molar-refractivity contribution in [1.82, 2.24) is 9.88 Å². The summed E-state index contributed by atoms with van der Waals surface area (Å²) in [6, 6.07) is 17.1. The number of ether oxygens (including phenoxy) is 2. The molecule has 8 nitrogen and oxygen atoms in total. The molecule has 1 amide bonds. The summed E-state index contributed by atoms with van der Waals surface area (Å²) in [5.74, 6) is -0.807. The van der Waals surface area contributed by atoms with E-state index < -0.39 is 33.2 Å². The van der Waals surface area contributed by atoms with Gasteiger partial charge in [-0.25, -0.2) is 13.2 Å². The maximum Gasteiger partial charge on any atom is 0.328 e. The Morgan fingerprint density at radius 2 is 1.67 bits per heavy atom. The minimum atomic E-state index is -3.59. The summed E-state index contributed by atoms with van der Waals surface area (Å²) in [5, 5.41) is 2.72. The van der Waals surface area contributed by atoms with Gasteiger partial charge >= 0.3 is 5.97 Å². The summed E-state index contributed by atoms with van der Waals surface area (Å²) in [6.45, 7) is 10.3. The van der Waals surface area contributed by atoms with Crippen molar-refractivity contribution >= 4 is 21.7 Å². The van der Waals surface area contributed by atoms with E-state index in [1.165, 1.54) is 7.11 Å². The molecule has 1 atom stereocenters. The molecule has 0 unspecified atom stereocenters. The largest absolute Gasteiger partial charge is 0.477 e. The molecule has 0 radical (unpaired) electrons. The first-order valence-corrected chi connectivity index (χ1v) is 14.8. The average Bonchev–Trinajstić information content (AvgIpc) is 3.38. The molecule has 1 heterocycles. The molecule has 0 aliphatic carbocycles. The van der Waals surface area contributed by atoms with Gasteiger partial charge in [-0.05, 0) is 75.1 Å². The molecular weight excluding hydrogens is 516 g/mol. The number of esters is 1. The molecule has 3 aromatic rings. The van der Waals surface area contributed by atoms with Crippen molar-refractivity contribution in [3.05, 3.63) is 83.2 Å². The topological polar surface area (TPSA) is 104 Å². The van der Waals surface area contributed by atoms with Crippen LogP contribution in [0.5, 0.6) is 5.75 Å². The third-order valence-electron chi connectivity index (χ3n) is 7.33. The van der Waals surface area contributed by atoms with Gasteiger partial charge in [0.05, 0.1) is 12.0 Å². The summed E-state index contributed by atoms with van der Waals surface area (Å²) >= 11 is 0. The van der Waals surface area contributed by atoms with Crippen LogP contribution in [0.25, 0.3) is 0 Å². The highest BCUT2D eigenvalue weighted by molar-refractivity contribution is 7.91. The zero-order chi connectivity index (χ0) is 28.8. The van der Waals surface area contributed by atoms with E-state index in [0.717, 1.165) is 29.7 Å². The van der Waals surface area contributed by atoms with Gasteiger partial charge in [0.2, 0.25) is 9.84 Å². The first kappa shape index (κ1) is 30.0. The molecule has 0 aliphatic rings. The molecule has 210 valence electrons. The number of aryl methyl sites for hydroxylation is 1. The zero-order valence-electron chi connectivity index (χ0n) is 23.5. The van der Waals surface area contributed by atoms with E-state index in [1.54, 1.807) is 43.3 Å². The maximum atomic E-state index is 13.1. The van der Waals surface area contributed by atoms with E-state index in [2.05, 4.69) is 19.2 Å². The maximum absolute atomic E-state index is 13.1. The summed E-state index contributed by atoms with van der Waals surface area (Å²) in [4.78, 5) is 25.1. The van der Waals surface area contributed by atoms with E-state index >= 15 is 0 Å². The minimum Gasteiger partial charge on any atom is -0.477 e. The predicted octanol–water partition coefficient (Wildman–Crippen LogP) is 5.02. The summed E-state index contributed by atoms with van der Waals surface area (Å²) in [6.07, 6.45) is 1.55. The van der Waals surface area contributed by atoms with Crippen molar-refractivity contribution in [3.63, 3.8) is 0 Å². The number of amides is 1. The number of carbonyl (C=O) groups excluding carboxylic acids is 2. The highest BCUT2D eigenvalue weighted by Crippen LogP contribution is 2.41. The first-order valence-electron chi connectivity index (χ1n) is 13.1. The number of nitrogens with zero attached hydrogens (tertiary/aromatic N) is 1. The van der Waals surface area contributed by atoms with Gasteiger partial charge in [0.1, 0.15) is 17.5 Å². The molecule has 0 spiro atoms. The Hall–Kier alpha value is -3.59. The van der Waals surface area contributed by atoms with Crippen LogP contribution in [-0.4, -0.2) is 44.0 Å². The second-order valence-electron chi connectivity index (χ2n) is 9.53. The van der Waals surface area contributed by atoms with E-state index in [1.807, 2.05) is 42.7 Å². The Morgan fingerprint density at radius 3 is 2.23 bits per heavy atom. The van der Waals surface area contributed by atoms with Gasteiger partial charge in [0.25, 0.3) is 5.91 Å². The lowest BCUT2D eigenvalue weighted by molar-refractivity contribution is -0.142. The fourth-order valence-electron chi connectivity index (χ4n) is 5.04. The third kappa shape index (κ3) is 6.19. The lowest BCUT2D eigenvalue weighted by Gasteiger charge is -2.34. The standard InChI is InChI=1S/C30H38N2O6S/c1-7-30(8-2,27-18-16-25(32(27)9-3)28(33)31-22(5)29(34)37-6)23-15-17-26(21(4)19-23)38-20-39(35,36)24-13-11-10-12-14-24/h10-19,22H,7-9,20H2,1-6H3,(H,31,33)/t22-/m1/s1. The smallest absolute Gasteiger partial charge is 0.328 e. The number of methoxy groups -OCH3 is 1. The van der Waals surface area contributed by atoms with Crippen molar-refractivity contribution < 1.29 is 27.5 Å². The summed E-state index contributed by atoms with van der Waals surface area (Å²) in [5.41, 5.74) is 2.93. The van der Waals surface area contributed by atoms with Crippen LogP contribution in [-0.2, 0) is 31.3 Å². The monoisotopic (exact) mass is 554 g/mol. The molecule has 3 rings (SSSR count). The fraction of sp³-hybridized carbons (Fsp3) is 0.400. The second kappa shape index (κ2) is 12.5. The number of aromatic nitrogens is 1. The van der Waals surface area contributed by atoms with Crippen molar-refractivity contribution in [2.45, 2.75) is 70.4 Å². The van der Waals surface area contributed by atoms with E-state index in [9.17, 15) is 18.0 Å². The molecule has 0 saturated carbocycles. The molecule has 0 bridgehead atoms. The number of nitrogens with one attached hydrogen (secondary N) is 1. The number of carbonyl (C=O) groups is 2. The SMILES string of the molecule is CCn1c(C(=O)N[C@H](C)C(=O)OC)ccc1C(CC)(CC)c1ccc(OCS(=O)(=O)c2ccccc2)c(C)c1. The van der Waals surface area contributed by atoms with Crippen LogP contribution in [0.4, 0.5) is 0 Å². The van der Waals surface area contributed by atoms with Crippen LogP contribution in [0.15, 0.2) is 65.6 Å². The lowest BCUT2D eigenvalue weighted by atomic mass is 9.72. The minimum absolute atomic E-state index is 0.219.